The Hall–Kier alpha value is -2.74. The Morgan fingerprint density at radius 1 is 0.839 bits per heavy atom. The Balaban J connectivity index is 1.93. The highest BCUT2D eigenvalue weighted by Gasteiger charge is 2.23. The van der Waals surface area contributed by atoms with Gasteiger partial charge in [0.1, 0.15) is 17.2 Å². The molecule has 0 aliphatic rings. The van der Waals surface area contributed by atoms with Crippen molar-refractivity contribution in [3.05, 3.63) is 82.9 Å². The van der Waals surface area contributed by atoms with Crippen LogP contribution >= 0.6 is 11.6 Å². The maximum absolute atomic E-state index is 13.1. The molecule has 0 spiro atoms. The molecule has 164 valence electrons. The van der Waals surface area contributed by atoms with Crippen LogP contribution in [0.15, 0.2) is 71.6 Å². The molecule has 0 radical (unpaired) electrons. The molecule has 31 heavy (non-hydrogen) atoms. The summed E-state index contributed by atoms with van der Waals surface area (Å²) in [6, 6.07) is 18.7. The molecule has 1 unspecified atom stereocenters. The summed E-state index contributed by atoms with van der Waals surface area (Å²) in [7, 11) is 0.809. The van der Waals surface area contributed by atoms with Crippen molar-refractivity contribution in [1.29, 1.82) is 0 Å². The first-order valence-electron chi connectivity index (χ1n) is 9.49. The van der Waals surface area contributed by atoms with E-state index in [1.807, 2.05) is 36.4 Å². The molecule has 1 atom stereocenters. The molecule has 0 heterocycles. The lowest BCUT2D eigenvalue weighted by molar-refractivity contribution is 0.414. The van der Waals surface area contributed by atoms with Gasteiger partial charge in [-0.05, 0) is 60.0 Å². The Kier molecular flexibility index (Phi) is 7.43. The molecule has 1 N–H and O–H groups in total. The van der Waals surface area contributed by atoms with Crippen molar-refractivity contribution in [2.45, 2.75) is 17.4 Å². The molecule has 3 aromatic rings. The minimum absolute atomic E-state index is 0.0616. The molecule has 0 aromatic heterocycles. The van der Waals surface area contributed by atoms with Crippen molar-refractivity contribution < 1.29 is 22.6 Å². The average Bonchev–Trinajstić information content (AvgIpc) is 2.79. The van der Waals surface area contributed by atoms with Gasteiger partial charge in [-0.25, -0.2) is 13.1 Å². The van der Waals surface area contributed by atoms with E-state index in [-0.39, 0.29) is 9.92 Å². The van der Waals surface area contributed by atoms with Gasteiger partial charge < -0.3 is 14.2 Å². The van der Waals surface area contributed by atoms with Crippen molar-refractivity contribution in [2.24, 2.45) is 0 Å². The lowest BCUT2D eigenvalue weighted by Crippen LogP contribution is -2.30. The molecule has 0 saturated heterocycles. The molecular formula is C23H24ClNO5S. The van der Waals surface area contributed by atoms with Crippen LogP contribution in [0.1, 0.15) is 17.2 Å². The van der Waals surface area contributed by atoms with E-state index < -0.39 is 16.1 Å². The van der Waals surface area contributed by atoms with E-state index >= 15 is 0 Å². The van der Waals surface area contributed by atoms with E-state index in [0.29, 0.717) is 17.9 Å². The zero-order valence-corrected chi connectivity index (χ0v) is 19.0. The van der Waals surface area contributed by atoms with Crippen LogP contribution < -0.4 is 18.9 Å². The summed E-state index contributed by atoms with van der Waals surface area (Å²) in [6.45, 7) is 0. The molecule has 0 aliphatic heterocycles. The lowest BCUT2D eigenvalue weighted by Gasteiger charge is -2.20. The maximum Gasteiger partial charge on any atom is 0.241 e. The van der Waals surface area contributed by atoms with Gasteiger partial charge in [-0.2, -0.15) is 0 Å². The second kappa shape index (κ2) is 10.0. The monoisotopic (exact) mass is 461 g/mol. The molecule has 8 heteroatoms. The quantitative estimate of drug-likeness (QED) is 0.503. The SMILES string of the molecule is COc1ccc(CC(NS(=O)(=O)c2ccc(OC)c(Cl)c2)c2ccc(OC)cc2)cc1. The molecule has 0 saturated carbocycles. The topological polar surface area (TPSA) is 73.9 Å². The van der Waals surface area contributed by atoms with Crippen molar-refractivity contribution in [2.75, 3.05) is 21.3 Å². The molecule has 0 fully saturated rings. The average molecular weight is 462 g/mol. The third kappa shape index (κ3) is 5.70. The third-order valence-electron chi connectivity index (χ3n) is 4.85. The Morgan fingerprint density at radius 2 is 1.42 bits per heavy atom. The van der Waals surface area contributed by atoms with Crippen molar-refractivity contribution in [3.63, 3.8) is 0 Å². The van der Waals surface area contributed by atoms with E-state index in [1.165, 1.54) is 25.3 Å². The van der Waals surface area contributed by atoms with Gasteiger partial charge in [0, 0.05) is 0 Å². The standard InChI is InChI=1S/C23H24ClNO5S/c1-28-18-8-4-16(5-9-18)14-22(17-6-10-19(29-2)11-7-17)25-31(26,27)20-12-13-23(30-3)21(24)15-20/h4-13,15,22,25H,14H2,1-3H3. The van der Waals surface area contributed by atoms with Crippen LogP contribution in [0.5, 0.6) is 17.2 Å². The van der Waals surface area contributed by atoms with Crippen molar-refractivity contribution in [3.8, 4) is 17.2 Å². The number of nitrogens with one attached hydrogen (secondary N) is 1. The predicted molar refractivity (Wildman–Crippen MR) is 121 cm³/mol. The number of benzene rings is 3. The van der Waals surface area contributed by atoms with Gasteiger partial charge >= 0.3 is 0 Å². The van der Waals surface area contributed by atoms with E-state index in [1.54, 1.807) is 26.4 Å². The van der Waals surface area contributed by atoms with Crippen LogP contribution in [-0.2, 0) is 16.4 Å². The first-order chi connectivity index (χ1) is 14.9. The van der Waals surface area contributed by atoms with Crippen molar-refractivity contribution in [1.82, 2.24) is 4.72 Å². The maximum atomic E-state index is 13.1. The largest absolute Gasteiger partial charge is 0.497 e. The fourth-order valence-electron chi connectivity index (χ4n) is 3.13. The molecule has 0 amide bonds. The normalized spacial score (nSPS) is 12.3. The summed E-state index contributed by atoms with van der Waals surface area (Å²) in [6.07, 6.45) is 0.444. The molecule has 3 rings (SSSR count). The van der Waals surface area contributed by atoms with Gasteiger partial charge in [-0.3, -0.25) is 0 Å². The van der Waals surface area contributed by atoms with Crippen LogP contribution in [0.3, 0.4) is 0 Å². The molecule has 0 aliphatic carbocycles. The number of hydrogen-bond acceptors (Lipinski definition) is 5. The van der Waals surface area contributed by atoms with E-state index in [4.69, 9.17) is 25.8 Å². The molecular weight excluding hydrogens is 438 g/mol. The lowest BCUT2D eigenvalue weighted by atomic mass is 9.99. The summed E-state index contributed by atoms with van der Waals surface area (Å²) < 4.78 is 44.6. The van der Waals surface area contributed by atoms with Gasteiger partial charge in [-0.15, -0.1) is 0 Å². The summed E-state index contributed by atoms with van der Waals surface area (Å²) in [4.78, 5) is 0.0616. The first-order valence-corrected chi connectivity index (χ1v) is 11.3. The van der Waals surface area contributed by atoms with E-state index in [9.17, 15) is 8.42 Å². The third-order valence-corrected chi connectivity index (χ3v) is 6.61. The van der Waals surface area contributed by atoms with E-state index in [2.05, 4.69) is 4.72 Å². The summed E-state index contributed by atoms with van der Waals surface area (Å²) >= 11 is 6.14. The number of ether oxygens (including phenoxy) is 3. The summed E-state index contributed by atoms with van der Waals surface area (Å²) in [5.74, 6) is 1.83. The van der Waals surface area contributed by atoms with Crippen molar-refractivity contribution >= 4 is 21.6 Å². The van der Waals surface area contributed by atoms with Gasteiger partial charge in [0.15, 0.2) is 0 Å². The van der Waals surface area contributed by atoms with Crippen LogP contribution in [0, 0.1) is 0 Å². The smallest absolute Gasteiger partial charge is 0.241 e. The Morgan fingerprint density at radius 3 is 1.94 bits per heavy atom. The molecule has 0 bridgehead atoms. The molecule has 3 aromatic carbocycles. The number of hydrogen-bond donors (Lipinski definition) is 1. The van der Waals surface area contributed by atoms with Crippen LogP contribution in [-0.4, -0.2) is 29.7 Å². The highest BCUT2D eigenvalue weighted by molar-refractivity contribution is 7.89. The Labute approximate surface area is 187 Å². The minimum Gasteiger partial charge on any atom is -0.497 e. The molecule has 6 nitrogen and oxygen atoms in total. The number of sulfonamides is 1. The van der Waals surface area contributed by atoms with Gasteiger partial charge in [-0.1, -0.05) is 35.9 Å². The summed E-state index contributed by atoms with van der Waals surface area (Å²) in [5, 5.41) is 0.224. The fraction of sp³-hybridized carbons (Fsp3) is 0.217. The highest BCUT2D eigenvalue weighted by Crippen LogP contribution is 2.29. The first kappa shape index (κ1) is 22.9. The van der Waals surface area contributed by atoms with Crippen LogP contribution in [0.25, 0.3) is 0 Å². The predicted octanol–water partition coefficient (Wildman–Crippen LogP) is 4.63. The zero-order chi connectivity index (χ0) is 22.4. The second-order valence-electron chi connectivity index (χ2n) is 6.80. The van der Waals surface area contributed by atoms with Gasteiger partial charge in [0.2, 0.25) is 10.0 Å². The highest BCUT2D eigenvalue weighted by atomic mass is 35.5. The van der Waals surface area contributed by atoms with Gasteiger partial charge in [0.05, 0.1) is 37.3 Å². The number of rotatable bonds is 9. The number of methoxy groups -OCH3 is 3. The van der Waals surface area contributed by atoms with Gasteiger partial charge in [0.25, 0.3) is 0 Å². The second-order valence-corrected chi connectivity index (χ2v) is 8.92. The number of halogens is 1. The zero-order valence-electron chi connectivity index (χ0n) is 17.5. The van der Waals surface area contributed by atoms with E-state index in [0.717, 1.165) is 16.9 Å². The fourth-order valence-corrected chi connectivity index (χ4v) is 4.70. The van der Waals surface area contributed by atoms with Crippen LogP contribution in [0.2, 0.25) is 5.02 Å². The van der Waals surface area contributed by atoms with Crippen LogP contribution in [0.4, 0.5) is 0 Å². The Bertz CT molecular complexity index is 1120. The minimum atomic E-state index is -3.85. The summed E-state index contributed by atoms with van der Waals surface area (Å²) in [5.41, 5.74) is 1.76.